The Balaban J connectivity index is 1.95. The van der Waals surface area contributed by atoms with Crippen molar-refractivity contribution in [2.75, 3.05) is 31.2 Å². The predicted octanol–water partition coefficient (Wildman–Crippen LogP) is 1.58. The largest absolute Gasteiger partial charge is 0.507 e. The van der Waals surface area contributed by atoms with E-state index in [0.29, 0.717) is 24.5 Å². The molecule has 0 radical (unpaired) electrons. The van der Waals surface area contributed by atoms with Gasteiger partial charge in [0.25, 0.3) is 0 Å². The van der Waals surface area contributed by atoms with Crippen molar-refractivity contribution in [3.8, 4) is 17.0 Å². The van der Waals surface area contributed by atoms with Crippen LogP contribution in [0.15, 0.2) is 28.8 Å². The van der Waals surface area contributed by atoms with Gasteiger partial charge in [-0.15, -0.1) is 0 Å². The molecule has 2 aromatic rings. The van der Waals surface area contributed by atoms with Gasteiger partial charge in [0.05, 0.1) is 13.2 Å². The van der Waals surface area contributed by atoms with Crippen LogP contribution in [0.5, 0.6) is 5.75 Å². The molecule has 3 rings (SSSR count). The zero-order valence-corrected chi connectivity index (χ0v) is 11.2. The lowest BCUT2D eigenvalue weighted by Gasteiger charge is -2.29. The molecule has 1 aliphatic heterocycles. The van der Waals surface area contributed by atoms with Crippen LogP contribution in [0.1, 0.15) is 10.6 Å². The van der Waals surface area contributed by atoms with Crippen LogP contribution in [0.3, 0.4) is 0 Å². The normalized spacial score (nSPS) is 15.1. The summed E-state index contributed by atoms with van der Waals surface area (Å²) in [5.41, 5.74) is 1.65. The third-order valence-corrected chi connectivity index (χ3v) is 3.35. The number of ether oxygens (including phenoxy) is 1. The summed E-state index contributed by atoms with van der Waals surface area (Å²) in [7, 11) is 0. The Labute approximate surface area is 120 Å². The summed E-state index contributed by atoms with van der Waals surface area (Å²) in [6.45, 7) is 2.85. The molecule has 0 atom stereocenters. The van der Waals surface area contributed by atoms with Gasteiger partial charge in [0, 0.05) is 30.4 Å². The molecular weight excluding hydrogens is 276 g/mol. The first-order valence-corrected chi connectivity index (χ1v) is 6.51. The Morgan fingerprint density at radius 3 is 2.67 bits per heavy atom. The molecule has 1 saturated heterocycles. The Bertz CT molecular complexity index is 661. The minimum Gasteiger partial charge on any atom is -0.507 e. The second-order valence-corrected chi connectivity index (χ2v) is 4.68. The number of hydrogen-bond donors (Lipinski definition) is 2. The van der Waals surface area contributed by atoms with Crippen LogP contribution in [0, 0.1) is 0 Å². The predicted molar refractivity (Wildman–Crippen MR) is 73.6 cm³/mol. The first-order valence-electron chi connectivity index (χ1n) is 6.51. The molecule has 0 aliphatic carbocycles. The summed E-state index contributed by atoms with van der Waals surface area (Å²) in [4.78, 5) is 13.0. The van der Waals surface area contributed by atoms with Gasteiger partial charge in [-0.1, -0.05) is 5.16 Å². The van der Waals surface area contributed by atoms with Crippen molar-refractivity contribution >= 4 is 11.7 Å². The summed E-state index contributed by atoms with van der Waals surface area (Å²) in [5, 5.41) is 22.5. The molecule has 0 saturated carbocycles. The minimum atomic E-state index is -1.20. The molecule has 1 aromatic heterocycles. The monoisotopic (exact) mass is 290 g/mol. The van der Waals surface area contributed by atoms with E-state index in [1.54, 1.807) is 12.1 Å². The van der Waals surface area contributed by atoms with Crippen molar-refractivity contribution in [2.24, 2.45) is 0 Å². The molecule has 7 nitrogen and oxygen atoms in total. The second kappa shape index (κ2) is 5.45. The van der Waals surface area contributed by atoms with E-state index in [1.807, 2.05) is 6.07 Å². The number of carboxylic acid groups (broad SMARTS) is 1. The molecule has 1 aliphatic rings. The van der Waals surface area contributed by atoms with E-state index in [9.17, 15) is 9.90 Å². The molecule has 110 valence electrons. The van der Waals surface area contributed by atoms with Gasteiger partial charge in [-0.2, -0.15) is 0 Å². The summed E-state index contributed by atoms with van der Waals surface area (Å²) < 4.78 is 10.0. The maximum absolute atomic E-state index is 10.8. The number of rotatable bonds is 3. The number of hydrogen-bond acceptors (Lipinski definition) is 6. The standard InChI is InChI=1S/C14H14N2O5/c17-12-2-1-9(16-3-5-20-6-4-16)7-10(12)11-8-13(14(18)19)21-15-11/h1-2,7-8,17H,3-6H2,(H,18,19). The van der Waals surface area contributed by atoms with Crippen molar-refractivity contribution in [1.29, 1.82) is 0 Å². The number of aromatic carboxylic acids is 1. The molecule has 0 unspecified atom stereocenters. The fourth-order valence-electron chi connectivity index (χ4n) is 2.25. The van der Waals surface area contributed by atoms with E-state index in [-0.39, 0.29) is 11.5 Å². The van der Waals surface area contributed by atoms with E-state index in [1.165, 1.54) is 6.07 Å². The molecule has 1 aromatic carbocycles. The molecule has 2 heterocycles. The molecule has 0 bridgehead atoms. The highest BCUT2D eigenvalue weighted by molar-refractivity contribution is 5.86. The topological polar surface area (TPSA) is 96.0 Å². The number of aromatic nitrogens is 1. The first kappa shape index (κ1) is 13.4. The molecule has 0 spiro atoms. The van der Waals surface area contributed by atoms with Crippen molar-refractivity contribution in [1.82, 2.24) is 5.16 Å². The van der Waals surface area contributed by atoms with Gasteiger partial charge in [0.2, 0.25) is 5.76 Å². The van der Waals surface area contributed by atoms with E-state index < -0.39 is 5.97 Å². The lowest BCUT2D eigenvalue weighted by atomic mass is 10.1. The molecule has 7 heteroatoms. The summed E-state index contributed by atoms with van der Waals surface area (Å²) in [6, 6.07) is 6.43. The first-order chi connectivity index (χ1) is 10.1. The lowest BCUT2D eigenvalue weighted by molar-refractivity contribution is 0.0652. The maximum Gasteiger partial charge on any atom is 0.374 e. The van der Waals surface area contributed by atoms with Crippen LogP contribution in [0.4, 0.5) is 5.69 Å². The average molecular weight is 290 g/mol. The van der Waals surface area contributed by atoms with E-state index in [2.05, 4.69) is 10.1 Å². The summed E-state index contributed by atoms with van der Waals surface area (Å²) >= 11 is 0. The number of aromatic hydroxyl groups is 1. The number of anilines is 1. The number of phenols is 1. The SMILES string of the molecule is O=C(O)c1cc(-c2cc(N3CCOCC3)ccc2O)no1. The minimum absolute atomic E-state index is 0.0252. The van der Waals surface area contributed by atoms with Crippen molar-refractivity contribution < 1.29 is 24.3 Å². The highest BCUT2D eigenvalue weighted by Gasteiger charge is 2.17. The lowest BCUT2D eigenvalue weighted by Crippen LogP contribution is -2.36. The van der Waals surface area contributed by atoms with Crippen molar-refractivity contribution in [3.63, 3.8) is 0 Å². The van der Waals surface area contributed by atoms with Gasteiger partial charge in [0.1, 0.15) is 11.4 Å². The van der Waals surface area contributed by atoms with Crippen molar-refractivity contribution in [2.45, 2.75) is 0 Å². The van der Waals surface area contributed by atoms with E-state index >= 15 is 0 Å². The Morgan fingerprint density at radius 2 is 2.00 bits per heavy atom. The van der Waals surface area contributed by atoms with Crippen LogP contribution < -0.4 is 4.90 Å². The number of carboxylic acids is 1. The maximum atomic E-state index is 10.8. The van der Waals surface area contributed by atoms with Crippen LogP contribution in [-0.4, -0.2) is 47.6 Å². The number of carbonyl (C=O) groups is 1. The molecule has 1 fully saturated rings. The zero-order chi connectivity index (χ0) is 14.8. The van der Waals surface area contributed by atoms with E-state index in [0.717, 1.165) is 18.8 Å². The van der Waals surface area contributed by atoms with E-state index in [4.69, 9.17) is 14.4 Å². The van der Waals surface area contributed by atoms with Crippen molar-refractivity contribution in [3.05, 3.63) is 30.0 Å². The van der Waals surface area contributed by atoms with Gasteiger partial charge in [-0.25, -0.2) is 4.79 Å². The highest BCUT2D eigenvalue weighted by Crippen LogP contribution is 2.33. The molecule has 21 heavy (non-hydrogen) atoms. The van der Waals surface area contributed by atoms with Crippen LogP contribution >= 0.6 is 0 Å². The van der Waals surface area contributed by atoms with Gasteiger partial charge in [0.15, 0.2) is 0 Å². The third-order valence-electron chi connectivity index (χ3n) is 3.35. The Hall–Kier alpha value is -2.54. The van der Waals surface area contributed by atoms with Gasteiger partial charge in [-0.3, -0.25) is 0 Å². The fraction of sp³-hybridized carbons (Fsp3) is 0.286. The number of phenolic OH excluding ortho intramolecular Hbond substituents is 1. The molecular formula is C14H14N2O5. The number of nitrogens with zero attached hydrogens (tertiary/aromatic N) is 2. The second-order valence-electron chi connectivity index (χ2n) is 4.68. The van der Waals surface area contributed by atoms with Gasteiger partial charge < -0.3 is 24.4 Å². The smallest absolute Gasteiger partial charge is 0.374 e. The Kier molecular flexibility index (Phi) is 3.49. The average Bonchev–Trinajstić information content (AvgIpc) is 2.98. The number of benzene rings is 1. The third kappa shape index (κ3) is 2.68. The van der Waals surface area contributed by atoms with Crippen LogP contribution in [0.25, 0.3) is 11.3 Å². The summed E-state index contributed by atoms with van der Waals surface area (Å²) in [6.07, 6.45) is 0. The van der Waals surface area contributed by atoms with Crippen LogP contribution in [0.2, 0.25) is 0 Å². The summed E-state index contributed by atoms with van der Waals surface area (Å²) in [5.74, 6) is -1.43. The van der Waals surface area contributed by atoms with Gasteiger partial charge in [-0.05, 0) is 18.2 Å². The highest BCUT2D eigenvalue weighted by atomic mass is 16.5. The van der Waals surface area contributed by atoms with Gasteiger partial charge >= 0.3 is 5.97 Å². The molecule has 2 N–H and O–H groups in total. The zero-order valence-electron chi connectivity index (χ0n) is 11.2. The Morgan fingerprint density at radius 1 is 1.24 bits per heavy atom. The quantitative estimate of drug-likeness (QED) is 0.885. The molecule has 0 amide bonds. The van der Waals surface area contributed by atoms with Crippen LogP contribution in [-0.2, 0) is 4.74 Å². The fourth-order valence-corrected chi connectivity index (χ4v) is 2.25. The number of morpholine rings is 1.